The monoisotopic (exact) mass is 335 g/mol. The zero-order valence-electron chi connectivity index (χ0n) is 12.4. The first-order chi connectivity index (χ1) is 9.69. The summed E-state index contributed by atoms with van der Waals surface area (Å²) < 4.78 is 3.27. The van der Waals surface area contributed by atoms with Crippen molar-refractivity contribution in [2.45, 2.75) is 39.3 Å². The van der Waals surface area contributed by atoms with E-state index in [4.69, 9.17) is 0 Å². The van der Waals surface area contributed by atoms with Gasteiger partial charge in [-0.15, -0.1) is 0 Å². The molecule has 0 fully saturated rings. The molecule has 3 nitrogen and oxygen atoms in total. The number of rotatable bonds is 6. The van der Waals surface area contributed by atoms with Gasteiger partial charge in [-0.05, 0) is 44.5 Å². The Bertz CT molecular complexity index is 563. The van der Waals surface area contributed by atoms with Crippen LogP contribution in [0.15, 0.2) is 34.8 Å². The molecule has 1 aromatic carbocycles. The first-order valence-corrected chi connectivity index (χ1v) is 7.96. The normalized spacial score (nSPS) is 12.6. The van der Waals surface area contributed by atoms with Crippen LogP contribution in [0, 0.1) is 0 Å². The molecule has 20 heavy (non-hydrogen) atoms. The standard InChI is InChI=1S/C16H22BrN3/c1-4-13-11-16(20(5-2)19-13)15(18-3)10-12-8-6-7-9-14(12)17/h6-9,11,15,18H,4-5,10H2,1-3H3. The van der Waals surface area contributed by atoms with E-state index in [9.17, 15) is 0 Å². The van der Waals surface area contributed by atoms with Gasteiger partial charge in [-0.3, -0.25) is 4.68 Å². The molecule has 1 heterocycles. The number of aryl methyl sites for hydroxylation is 2. The van der Waals surface area contributed by atoms with E-state index in [-0.39, 0.29) is 6.04 Å². The lowest BCUT2D eigenvalue weighted by Gasteiger charge is -2.18. The van der Waals surface area contributed by atoms with Crippen molar-refractivity contribution < 1.29 is 0 Å². The fraction of sp³-hybridized carbons (Fsp3) is 0.438. The summed E-state index contributed by atoms with van der Waals surface area (Å²) in [5, 5.41) is 8.07. The summed E-state index contributed by atoms with van der Waals surface area (Å²) in [6, 6.07) is 10.9. The van der Waals surface area contributed by atoms with Crippen LogP contribution in [0.1, 0.15) is 36.8 Å². The Morgan fingerprint density at radius 3 is 2.65 bits per heavy atom. The first kappa shape index (κ1) is 15.3. The van der Waals surface area contributed by atoms with Gasteiger partial charge in [-0.2, -0.15) is 5.10 Å². The topological polar surface area (TPSA) is 29.9 Å². The molecule has 0 aliphatic heterocycles. The molecule has 1 N–H and O–H groups in total. The van der Waals surface area contributed by atoms with Crippen LogP contribution in [-0.4, -0.2) is 16.8 Å². The van der Waals surface area contributed by atoms with Gasteiger partial charge in [0.25, 0.3) is 0 Å². The molecule has 1 aromatic heterocycles. The first-order valence-electron chi connectivity index (χ1n) is 7.16. The number of halogens is 1. The maximum absolute atomic E-state index is 4.65. The molecule has 0 aliphatic rings. The SMILES string of the molecule is CCc1cc(C(Cc2ccccc2Br)NC)n(CC)n1. The summed E-state index contributed by atoms with van der Waals surface area (Å²) in [7, 11) is 2.01. The summed E-state index contributed by atoms with van der Waals surface area (Å²) in [4.78, 5) is 0. The minimum absolute atomic E-state index is 0.279. The van der Waals surface area contributed by atoms with E-state index < -0.39 is 0 Å². The van der Waals surface area contributed by atoms with Crippen LogP contribution >= 0.6 is 15.9 Å². The van der Waals surface area contributed by atoms with Crippen LogP contribution in [0.4, 0.5) is 0 Å². The summed E-state index contributed by atoms with van der Waals surface area (Å²) in [5.41, 5.74) is 3.74. The number of likely N-dealkylation sites (N-methyl/N-ethyl adjacent to an activating group) is 1. The lowest BCUT2D eigenvalue weighted by atomic mass is 10.0. The third kappa shape index (κ3) is 3.30. The number of hydrogen-bond donors (Lipinski definition) is 1. The smallest absolute Gasteiger partial charge is 0.0625 e. The Hall–Kier alpha value is -1.13. The lowest BCUT2D eigenvalue weighted by Crippen LogP contribution is -2.22. The fourth-order valence-electron chi connectivity index (χ4n) is 2.43. The van der Waals surface area contributed by atoms with Crippen molar-refractivity contribution in [1.29, 1.82) is 0 Å². The minimum atomic E-state index is 0.279. The Kier molecular flexibility index (Phi) is 5.38. The molecule has 0 aliphatic carbocycles. The predicted molar refractivity (Wildman–Crippen MR) is 86.9 cm³/mol. The molecule has 1 atom stereocenters. The van der Waals surface area contributed by atoms with E-state index in [2.05, 4.69) is 69.1 Å². The fourth-order valence-corrected chi connectivity index (χ4v) is 2.88. The molecule has 0 saturated heterocycles. The number of nitrogens with zero attached hydrogens (tertiary/aromatic N) is 2. The van der Waals surface area contributed by atoms with Gasteiger partial charge in [0.05, 0.1) is 17.4 Å². The van der Waals surface area contributed by atoms with Crippen LogP contribution < -0.4 is 5.32 Å². The van der Waals surface area contributed by atoms with Crippen molar-refractivity contribution in [3.63, 3.8) is 0 Å². The second kappa shape index (κ2) is 7.04. The Morgan fingerprint density at radius 2 is 2.05 bits per heavy atom. The van der Waals surface area contributed by atoms with Gasteiger partial charge in [-0.25, -0.2) is 0 Å². The van der Waals surface area contributed by atoms with Crippen LogP contribution in [0.2, 0.25) is 0 Å². The van der Waals surface area contributed by atoms with E-state index in [1.807, 2.05) is 13.1 Å². The molecular formula is C16H22BrN3. The molecule has 4 heteroatoms. The van der Waals surface area contributed by atoms with Crippen molar-refractivity contribution in [3.8, 4) is 0 Å². The van der Waals surface area contributed by atoms with Crippen molar-refractivity contribution >= 4 is 15.9 Å². The summed E-state index contributed by atoms with van der Waals surface area (Å²) in [6.07, 6.45) is 1.93. The van der Waals surface area contributed by atoms with E-state index in [0.29, 0.717) is 0 Å². The molecule has 108 valence electrons. The highest BCUT2D eigenvalue weighted by atomic mass is 79.9. The van der Waals surface area contributed by atoms with Crippen LogP contribution in [0.3, 0.4) is 0 Å². The van der Waals surface area contributed by atoms with Crippen molar-refractivity contribution in [1.82, 2.24) is 15.1 Å². The maximum atomic E-state index is 4.65. The molecule has 0 radical (unpaired) electrons. The van der Waals surface area contributed by atoms with Gasteiger partial charge in [0.15, 0.2) is 0 Å². The van der Waals surface area contributed by atoms with Gasteiger partial charge in [-0.1, -0.05) is 41.1 Å². The van der Waals surface area contributed by atoms with Crippen molar-refractivity contribution in [2.24, 2.45) is 0 Å². The summed E-state index contributed by atoms with van der Waals surface area (Å²) >= 11 is 3.63. The third-order valence-corrected chi connectivity index (χ3v) is 4.38. The van der Waals surface area contributed by atoms with Gasteiger partial charge >= 0.3 is 0 Å². The number of benzene rings is 1. The molecule has 0 amide bonds. The second-order valence-corrected chi connectivity index (χ2v) is 5.72. The molecule has 2 aromatic rings. The minimum Gasteiger partial charge on any atom is -0.311 e. The summed E-state index contributed by atoms with van der Waals surface area (Å²) in [6.45, 7) is 5.19. The van der Waals surface area contributed by atoms with Crippen molar-refractivity contribution in [2.75, 3.05) is 7.05 Å². The summed E-state index contributed by atoms with van der Waals surface area (Å²) in [5.74, 6) is 0. The van der Waals surface area contributed by atoms with Gasteiger partial charge in [0, 0.05) is 11.0 Å². The highest BCUT2D eigenvalue weighted by Gasteiger charge is 2.17. The largest absolute Gasteiger partial charge is 0.311 e. The zero-order valence-corrected chi connectivity index (χ0v) is 13.9. The Morgan fingerprint density at radius 1 is 1.30 bits per heavy atom. The highest BCUT2D eigenvalue weighted by molar-refractivity contribution is 9.10. The Balaban J connectivity index is 2.28. The van der Waals surface area contributed by atoms with E-state index in [1.165, 1.54) is 15.7 Å². The van der Waals surface area contributed by atoms with E-state index in [1.54, 1.807) is 0 Å². The van der Waals surface area contributed by atoms with Crippen LogP contribution in [0.5, 0.6) is 0 Å². The van der Waals surface area contributed by atoms with E-state index >= 15 is 0 Å². The second-order valence-electron chi connectivity index (χ2n) is 4.87. The molecule has 0 bridgehead atoms. The Labute approximate surface area is 129 Å². The molecule has 1 unspecified atom stereocenters. The van der Waals surface area contributed by atoms with Gasteiger partial charge < -0.3 is 5.32 Å². The average Bonchev–Trinajstić information content (AvgIpc) is 2.89. The highest BCUT2D eigenvalue weighted by Crippen LogP contribution is 2.24. The number of hydrogen-bond acceptors (Lipinski definition) is 2. The van der Waals surface area contributed by atoms with Crippen LogP contribution in [-0.2, 0) is 19.4 Å². The quantitative estimate of drug-likeness (QED) is 0.871. The molecule has 2 rings (SSSR count). The van der Waals surface area contributed by atoms with Crippen LogP contribution in [0.25, 0.3) is 0 Å². The predicted octanol–water partition coefficient (Wildman–Crippen LogP) is 3.73. The van der Waals surface area contributed by atoms with Gasteiger partial charge in [0.1, 0.15) is 0 Å². The van der Waals surface area contributed by atoms with E-state index in [0.717, 1.165) is 25.1 Å². The molecular weight excluding hydrogens is 314 g/mol. The van der Waals surface area contributed by atoms with Gasteiger partial charge in [0.2, 0.25) is 0 Å². The maximum Gasteiger partial charge on any atom is 0.0625 e. The number of nitrogens with one attached hydrogen (secondary N) is 1. The average molecular weight is 336 g/mol. The molecule has 0 saturated carbocycles. The third-order valence-electron chi connectivity index (χ3n) is 3.61. The van der Waals surface area contributed by atoms with Crippen molar-refractivity contribution in [3.05, 3.63) is 51.8 Å². The number of aromatic nitrogens is 2. The molecule has 0 spiro atoms. The zero-order chi connectivity index (χ0) is 14.5. The lowest BCUT2D eigenvalue weighted by molar-refractivity contribution is 0.511.